The SMILES string of the molecule is C[C@H](N)C(=O)NCCNc1ccc(NCCNC(=O)[C@H](C)N)c2c1C(=O)c1ccccc1C2=O. The van der Waals surface area contributed by atoms with Crippen molar-refractivity contribution in [2.45, 2.75) is 25.9 Å². The lowest BCUT2D eigenvalue weighted by atomic mass is 9.82. The summed E-state index contributed by atoms with van der Waals surface area (Å²) in [4.78, 5) is 50.1. The predicted octanol–water partition coefficient (Wildman–Crippen LogP) is 0.213. The third-order valence-electron chi connectivity index (χ3n) is 5.38. The quantitative estimate of drug-likeness (QED) is 0.231. The van der Waals surface area contributed by atoms with Gasteiger partial charge in [0.15, 0.2) is 11.6 Å². The summed E-state index contributed by atoms with van der Waals surface area (Å²) in [6, 6.07) is 8.90. The molecule has 0 radical (unpaired) electrons. The molecule has 8 N–H and O–H groups in total. The van der Waals surface area contributed by atoms with E-state index in [-0.39, 0.29) is 34.5 Å². The van der Waals surface area contributed by atoms with E-state index in [1.807, 2.05) is 0 Å². The molecule has 3 rings (SSSR count). The van der Waals surface area contributed by atoms with E-state index in [1.165, 1.54) is 0 Å². The minimum Gasteiger partial charge on any atom is -0.383 e. The van der Waals surface area contributed by atoms with Gasteiger partial charge in [0.25, 0.3) is 0 Å². The summed E-state index contributed by atoms with van der Waals surface area (Å²) in [5.41, 5.74) is 13.3. The van der Waals surface area contributed by atoms with Crippen LogP contribution < -0.4 is 32.7 Å². The van der Waals surface area contributed by atoms with Crippen LogP contribution in [-0.2, 0) is 9.59 Å². The molecule has 0 unspecified atom stereocenters. The van der Waals surface area contributed by atoms with Crippen LogP contribution in [0.5, 0.6) is 0 Å². The van der Waals surface area contributed by atoms with Gasteiger partial charge in [-0.25, -0.2) is 0 Å². The van der Waals surface area contributed by atoms with Crippen LogP contribution in [0.3, 0.4) is 0 Å². The summed E-state index contributed by atoms with van der Waals surface area (Å²) >= 11 is 0. The van der Waals surface area contributed by atoms with Crippen molar-refractivity contribution in [3.05, 3.63) is 58.7 Å². The van der Waals surface area contributed by atoms with Crippen molar-refractivity contribution < 1.29 is 19.2 Å². The molecule has 2 atom stereocenters. The third-order valence-corrected chi connectivity index (χ3v) is 5.38. The molecule has 0 fully saturated rings. The molecule has 0 saturated carbocycles. The second-order valence-corrected chi connectivity index (χ2v) is 8.13. The first-order chi connectivity index (χ1) is 16.2. The van der Waals surface area contributed by atoms with Crippen LogP contribution in [0.4, 0.5) is 11.4 Å². The van der Waals surface area contributed by atoms with Gasteiger partial charge < -0.3 is 32.7 Å². The van der Waals surface area contributed by atoms with Gasteiger partial charge >= 0.3 is 0 Å². The summed E-state index contributed by atoms with van der Waals surface area (Å²) in [5, 5.41) is 11.7. The van der Waals surface area contributed by atoms with Crippen molar-refractivity contribution in [1.82, 2.24) is 10.6 Å². The molecule has 34 heavy (non-hydrogen) atoms. The van der Waals surface area contributed by atoms with Crippen molar-refractivity contribution in [2.24, 2.45) is 11.5 Å². The van der Waals surface area contributed by atoms with Crippen LogP contribution in [0, 0.1) is 0 Å². The summed E-state index contributed by atoms with van der Waals surface area (Å²) < 4.78 is 0. The molecular formula is C24H30N6O4. The Hall–Kier alpha value is -3.76. The fourth-order valence-electron chi connectivity index (χ4n) is 3.61. The maximum absolute atomic E-state index is 13.4. The largest absolute Gasteiger partial charge is 0.383 e. The van der Waals surface area contributed by atoms with E-state index in [2.05, 4.69) is 21.3 Å². The number of carbonyl (C=O) groups excluding carboxylic acids is 4. The average molecular weight is 467 g/mol. The Kier molecular flexibility index (Phi) is 7.98. The van der Waals surface area contributed by atoms with Crippen LogP contribution in [0.15, 0.2) is 36.4 Å². The van der Waals surface area contributed by atoms with Crippen LogP contribution in [-0.4, -0.2) is 61.6 Å². The highest BCUT2D eigenvalue weighted by atomic mass is 16.2. The molecular weight excluding hydrogens is 436 g/mol. The fraction of sp³-hybridized carbons (Fsp3) is 0.333. The summed E-state index contributed by atoms with van der Waals surface area (Å²) in [7, 11) is 0. The number of anilines is 2. The van der Waals surface area contributed by atoms with E-state index in [0.717, 1.165) is 0 Å². The van der Waals surface area contributed by atoms with E-state index < -0.39 is 12.1 Å². The smallest absolute Gasteiger partial charge is 0.236 e. The Bertz CT molecular complexity index is 1030. The van der Waals surface area contributed by atoms with Gasteiger partial charge in [-0.15, -0.1) is 0 Å². The number of nitrogens with one attached hydrogen (secondary N) is 4. The Morgan fingerprint density at radius 2 is 1.09 bits per heavy atom. The molecule has 0 heterocycles. The highest BCUT2D eigenvalue weighted by molar-refractivity contribution is 6.31. The van der Waals surface area contributed by atoms with Gasteiger partial charge in [-0.1, -0.05) is 24.3 Å². The molecule has 2 aromatic rings. The fourth-order valence-corrected chi connectivity index (χ4v) is 3.61. The van der Waals surface area contributed by atoms with Crippen molar-refractivity contribution in [2.75, 3.05) is 36.8 Å². The van der Waals surface area contributed by atoms with Gasteiger partial charge in [0.2, 0.25) is 11.8 Å². The average Bonchev–Trinajstić information content (AvgIpc) is 2.82. The highest BCUT2D eigenvalue weighted by Crippen LogP contribution is 2.36. The van der Waals surface area contributed by atoms with E-state index >= 15 is 0 Å². The van der Waals surface area contributed by atoms with Crippen LogP contribution in [0.25, 0.3) is 0 Å². The first-order valence-corrected chi connectivity index (χ1v) is 11.1. The standard InChI is InChI=1S/C24H30N6O4/c1-13(25)23(33)29-11-9-27-17-7-8-18(28-10-12-30-24(34)14(2)26)20-19(17)21(31)15-5-3-4-6-16(15)22(20)32/h3-8,13-14,27-28H,9-12,25-26H2,1-2H3,(H,29,33)(H,30,34)/t13-,14-/m0/s1. The molecule has 0 spiro atoms. The number of amides is 2. The lowest BCUT2D eigenvalue weighted by Crippen LogP contribution is -2.40. The zero-order chi connectivity index (χ0) is 24.8. The molecule has 0 aliphatic heterocycles. The topological polar surface area (TPSA) is 168 Å². The van der Waals surface area contributed by atoms with Gasteiger partial charge in [-0.3, -0.25) is 19.2 Å². The number of nitrogens with two attached hydrogens (primary N) is 2. The molecule has 10 nitrogen and oxygen atoms in total. The van der Waals surface area contributed by atoms with E-state index in [4.69, 9.17) is 11.5 Å². The van der Waals surface area contributed by atoms with E-state index in [1.54, 1.807) is 50.2 Å². The lowest BCUT2D eigenvalue weighted by molar-refractivity contribution is -0.122. The second kappa shape index (κ2) is 10.9. The molecule has 0 aromatic heterocycles. The molecule has 180 valence electrons. The van der Waals surface area contributed by atoms with Gasteiger partial charge in [-0.2, -0.15) is 0 Å². The van der Waals surface area contributed by atoms with E-state index in [0.29, 0.717) is 48.7 Å². The molecule has 1 aliphatic rings. The molecule has 2 amide bonds. The first-order valence-electron chi connectivity index (χ1n) is 11.1. The number of rotatable bonds is 10. The van der Waals surface area contributed by atoms with Crippen molar-refractivity contribution in [3.63, 3.8) is 0 Å². The number of benzene rings is 2. The zero-order valence-corrected chi connectivity index (χ0v) is 19.2. The highest BCUT2D eigenvalue weighted by Gasteiger charge is 2.33. The van der Waals surface area contributed by atoms with Crippen LogP contribution in [0.1, 0.15) is 45.7 Å². The number of hydrogen-bond donors (Lipinski definition) is 6. The van der Waals surface area contributed by atoms with Gasteiger partial charge in [-0.05, 0) is 26.0 Å². The van der Waals surface area contributed by atoms with Crippen molar-refractivity contribution in [1.29, 1.82) is 0 Å². The Morgan fingerprint density at radius 1 is 0.706 bits per heavy atom. The normalized spacial score (nSPS) is 13.9. The maximum Gasteiger partial charge on any atom is 0.236 e. The predicted molar refractivity (Wildman–Crippen MR) is 130 cm³/mol. The zero-order valence-electron chi connectivity index (χ0n) is 19.2. The Balaban J connectivity index is 1.84. The van der Waals surface area contributed by atoms with Crippen molar-refractivity contribution >= 4 is 34.8 Å². The number of hydrogen-bond acceptors (Lipinski definition) is 8. The lowest BCUT2D eigenvalue weighted by Gasteiger charge is -2.24. The summed E-state index contributed by atoms with van der Waals surface area (Å²) in [6.45, 7) is 4.46. The minimum absolute atomic E-state index is 0.263. The molecule has 1 aliphatic carbocycles. The Labute approximate surface area is 197 Å². The molecule has 2 aromatic carbocycles. The monoisotopic (exact) mass is 466 g/mol. The summed E-state index contributed by atoms with van der Waals surface area (Å²) in [5.74, 6) is -1.08. The maximum atomic E-state index is 13.4. The minimum atomic E-state index is -0.619. The van der Waals surface area contributed by atoms with Crippen LogP contribution >= 0.6 is 0 Å². The third kappa shape index (κ3) is 5.41. The Morgan fingerprint density at radius 3 is 1.44 bits per heavy atom. The van der Waals surface area contributed by atoms with Crippen molar-refractivity contribution in [3.8, 4) is 0 Å². The molecule has 0 saturated heterocycles. The molecule has 10 heteroatoms. The van der Waals surface area contributed by atoms with E-state index in [9.17, 15) is 19.2 Å². The number of carbonyl (C=O) groups is 4. The number of fused-ring (bicyclic) bond motifs is 2. The first kappa shape index (κ1) is 24.9. The second-order valence-electron chi connectivity index (χ2n) is 8.13. The van der Waals surface area contributed by atoms with Crippen LogP contribution in [0.2, 0.25) is 0 Å². The van der Waals surface area contributed by atoms with Gasteiger partial charge in [0.05, 0.1) is 23.2 Å². The van der Waals surface area contributed by atoms with Gasteiger partial charge in [0.1, 0.15) is 0 Å². The number of ketones is 2. The summed E-state index contributed by atoms with van der Waals surface area (Å²) in [6.07, 6.45) is 0. The molecule has 0 bridgehead atoms. The van der Waals surface area contributed by atoms with Gasteiger partial charge in [0, 0.05) is 48.7 Å².